The van der Waals surface area contributed by atoms with Gasteiger partial charge in [-0.1, -0.05) is 5.16 Å². The second kappa shape index (κ2) is 4.35. The van der Waals surface area contributed by atoms with Crippen LogP contribution < -0.4 is 5.73 Å². The molecule has 2 N–H and O–H groups in total. The lowest BCUT2D eigenvalue weighted by atomic mass is 10.6. The molecule has 2 aromatic heterocycles. The number of nitrogens with two attached hydrogens (primary N) is 1. The molecule has 0 fully saturated rings. The van der Waals surface area contributed by atoms with Crippen molar-refractivity contribution in [3.63, 3.8) is 0 Å². The van der Waals surface area contributed by atoms with Gasteiger partial charge >= 0.3 is 0 Å². The van der Waals surface area contributed by atoms with Crippen LogP contribution in [0, 0.1) is 0 Å². The molecule has 0 saturated carbocycles. The molecule has 0 spiro atoms. The summed E-state index contributed by atoms with van der Waals surface area (Å²) in [5.74, 6) is 2.00. The molecule has 7 heteroatoms. The number of hydrogen-bond acceptors (Lipinski definition) is 6. The molecule has 6 nitrogen and oxygen atoms in total. The number of rotatable bonds is 4. The average molecular weight is 225 g/mol. The first kappa shape index (κ1) is 10.0. The lowest BCUT2D eigenvalue weighted by molar-refractivity contribution is 0.362. The third-order valence-corrected chi connectivity index (χ3v) is 2.28. The van der Waals surface area contributed by atoms with Crippen molar-refractivity contribution < 1.29 is 4.52 Å². The first-order valence-corrected chi connectivity index (χ1v) is 5.75. The molecule has 0 bridgehead atoms. The summed E-state index contributed by atoms with van der Waals surface area (Å²) in [4.78, 5) is 4.20. The van der Waals surface area contributed by atoms with Gasteiger partial charge in [-0.15, -0.1) is 0 Å². The van der Waals surface area contributed by atoms with Crippen molar-refractivity contribution in [2.45, 2.75) is 12.3 Å². The number of anilines is 1. The number of thioether (sulfide) groups is 1. The molecular weight excluding hydrogens is 214 g/mol. The lowest BCUT2D eigenvalue weighted by Gasteiger charge is -1.93. The van der Waals surface area contributed by atoms with Crippen LogP contribution in [0.15, 0.2) is 16.9 Å². The Labute approximate surface area is 90.8 Å². The van der Waals surface area contributed by atoms with Gasteiger partial charge in [0.05, 0.1) is 17.6 Å². The second-order valence-electron chi connectivity index (χ2n) is 3.01. The van der Waals surface area contributed by atoms with E-state index in [0.717, 1.165) is 5.75 Å². The number of aromatic nitrogens is 4. The first-order valence-electron chi connectivity index (χ1n) is 4.36. The number of hydrogen-bond donors (Lipinski definition) is 1. The van der Waals surface area contributed by atoms with E-state index in [2.05, 4.69) is 15.2 Å². The van der Waals surface area contributed by atoms with E-state index in [1.165, 1.54) is 0 Å². The Morgan fingerprint density at radius 2 is 2.47 bits per heavy atom. The molecule has 0 aromatic carbocycles. The zero-order valence-corrected chi connectivity index (χ0v) is 9.07. The SMILES string of the molecule is CSCc1noc(Cn2cc(N)cn2)n1. The molecule has 0 radical (unpaired) electrons. The summed E-state index contributed by atoms with van der Waals surface area (Å²) in [5.41, 5.74) is 6.16. The largest absolute Gasteiger partial charge is 0.396 e. The molecule has 80 valence electrons. The van der Waals surface area contributed by atoms with E-state index in [0.29, 0.717) is 23.9 Å². The minimum absolute atomic E-state index is 0.457. The van der Waals surface area contributed by atoms with Gasteiger partial charge in [0.1, 0.15) is 6.54 Å². The molecule has 0 aliphatic heterocycles. The molecule has 0 amide bonds. The van der Waals surface area contributed by atoms with Crippen molar-refractivity contribution >= 4 is 17.4 Å². The van der Waals surface area contributed by atoms with Crippen molar-refractivity contribution in [3.8, 4) is 0 Å². The highest BCUT2D eigenvalue weighted by Gasteiger charge is 2.06. The van der Waals surface area contributed by atoms with Crippen molar-refractivity contribution in [2.24, 2.45) is 0 Å². The maximum atomic E-state index is 5.53. The minimum atomic E-state index is 0.457. The quantitative estimate of drug-likeness (QED) is 0.827. The molecular formula is C8H11N5OS. The summed E-state index contributed by atoms with van der Waals surface area (Å²) in [7, 11) is 0. The maximum Gasteiger partial charge on any atom is 0.248 e. The molecule has 0 unspecified atom stereocenters. The molecule has 2 aromatic rings. The molecule has 15 heavy (non-hydrogen) atoms. The number of nitrogens with zero attached hydrogens (tertiary/aromatic N) is 4. The van der Waals surface area contributed by atoms with Crippen LogP contribution in [0.4, 0.5) is 5.69 Å². The molecule has 0 saturated heterocycles. The predicted molar refractivity (Wildman–Crippen MR) is 57.3 cm³/mol. The molecule has 0 aliphatic rings. The van der Waals surface area contributed by atoms with Crippen molar-refractivity contribution in [1.29, 1.82) is 0 Å². The van der Waals surface area contributed by atoms with E-state index < -0.39 is 0 Å². The Morgan fingerprint density at radius 1 is 1.60 bits per heavy atom. The number of nitrogen functional groups attached to an aromatic ring is 1. The highest BCUT2D eigenvalue weighted by atomic mass is 32.2. The summed E-state index contributed by atoms with van der Waals surface area (Å²) in [6.45, 7) is 0.457. The van der Waals surface area contributed by atoms with E-state index in [4.69, 9.17) is 10.3 Å². The van der Waals surface area contributed by atoms with Gasteiger partial charge in [-0.05, 0) is 6.26 Å². The molecule has 0 aliphatic carbocycles. The van der Waals surface area contributed by atoms with Crippen molar-refractivity contribution in [1.82, 2.24) is 19.9 Å². The Morgan fingerprint density at radius 3 is 3.13 bits per heavy atom. The van der Waals surface area contributed by atoms with Crippen molar-refractivity contribution in [2.75, 3.05) is 12.0 Å². The lowest BCUT2D eigenvalue weighted by Crippen LogP contribution is -2.00. The Hall–Kier alpha value is -1.50. The van der Waals surface area contributed by atoms with Crippen LogP contribution in [0.5, 0.6) is 0 Å². The minimum Gasteiger partial charge on any atom is -0.396 e. The average Bonchev–Trinajstić information content (AvgIpc) is 2.78. The summed E-state index contributed by atoms with van der Waals surface area (Å²) in [6, 6.07) is 0. The van der Waals surface area contributed by atoms with Crippen LogP contribution in [0.25, 0.3) is 0 Å². The van der Waals surface area contributed by atoms with Gasteiger partial charge in [0.25, 0.3) is 0 Å². The smallest absolute Gasteiger partial charge is 0.248 e. The summed E-state index contributed by atoms with van der Waals surface area (Å²) >= 11 is 1.65. The summed E-state index contributed by atoms with van der Waals surface area (Å²) in [6.07, 6.45) is 5.29. The monoisotopic (exact) mass is 225 g/mol. The third-order valence-electron chi connectivity index (χ3n) is 1.73. The molecule has 0 atom stereocenters. The van der Waals surface area contributed by atoms with Crippen LogP contribution >= 0.6 is 11.8 Å². The Bertz CT molecular complexity index is 438. The van der Waals surface area contributed by atoms with Gasteiger partial charge in [0.15, 0.2) is 5.82 Å². The highest BCUT2D eigenvalue weighted by molar-refractivity contribution is 7.97. The summed E-state index contributed by atoms with van der Waals surface area (Å²) < 4.78 is 6.71. The second-order valence-corrected chi connectivity index (χ2v) is 3.87. The van der Waals surface area contributed by atoms with Gasteiger partial charge in [0.2, 0.25) is 5.89 Å². The zero-order valence-electron chi connectivity index (χ0n) is 8.25. The first-order chi connectivity index (χ1) is 7.28. The van der Waals surface area contributed by atoms with Gasteiger partial charge in [-0.2, -0.15) is 21.8 Å². The van der Waals surface area contributed by atoms with Crippen molar-refractivity contribution in [3.05, 3.63) is 24.1 Å². The van der Waals surface area contributed by atoms with E-state index in [-0.39, 0.29) is 0 Å². The van der Waals surface area contributed by atoms with E-state index in [9.17, 15) is 0 Å². The zero-order chi connectivity index (χ0) is 10.7. The highest BCUT2D eigenvalue weighted by Crippen LogP contribution is 2.07. The summed E-state index contributed by atoms with van der Waals surface area (Å²) in [5, 5.41) is 7.85. The van der Waals surface area contributed by atoms with E-state index >= 15 is 0 Å². The van der Waals surface area contributed by atoms with Crippen LogP contribution in [-0.4, -0.2) is 26.2 Å². The Kier molecular flexibility index (Phi) is 2.91. The fraction of sp³-hybridized carbons (Fsp3) is 0.375. The van der Waals surface area contributed by atoms with Crippen LogP contribution in [-0.2, 0) is 12.3 Å². The van der Waals surface area contributed by atoms with E-state index in [1.54, 1.807) is 28.8 Å². The third kappa shape index (κ3) is 2.50. The van der Waals surface area contributed by atoms with Gasteiger partial charge in [-0.3, -0.25) is 4.68 Å². The fourth-order valence-corrected chi connectivity index (χ4v) is 1.52. The van der Waals surface area contributed by atoms with Gasteiger partial charge in [0, 0.05) is 6.20 Å². The predicted octanol–water partition coefficient (Wildman–Crippen LogP) is 0.760. The molecule has 2 rings (SSSR count). The molecule has 2 heterocycles. The normalized spacial score (nSPS) is 10.7. The Balaban J connectivity index is 2.04. The topological polar surface area (TPSA) is 82.8 Å². The van der Waals surface area contributed by atoms with Gasteiger partial charge in [-0.25, -0.2) is 0 Å². The van der Waals surface area contributed by atoms with E-state index in [1.807, 2.05) is 6.26 Å². The van der Waals surface area contributed by atoms with Gasteiger partial charge < -0.3 is 10.3 Å². The van der Waals surface area contributed by atoms with Crippen LogP contribution in [0.2, 0.25) is 0 Å². The fourth-order valence-electron chi connectivity index (χ4n) is 1.15. The standard InChI is InChI=1S/C8H11N5OS/c1-15-5-7-11-8(14-12-7)4-13-3-6(9)2-10-13/h2-3H,4-5,9H2,1H3. The maximum absolute atomic E-state index is 5.53. The van der Waals surface area contributed by atoms with Crippen LogP contribution in [0.1, 0.15) is 11.7 Å². The van der Waals surface area contributed by atoms with Crippen LogP contribution in [0.3, 0.4) is 0 Å².